The van der Waals surface area contributed by atoms with Gasteiger partial charge in [-0.2, -0.15) is 5.26 Å². The van der Waals surface area contributed by atoms with Crippen LogP contribution in [0.2, 0.25) is 0 Å². The number of piperazine rings is 1. The van der Waals surface area contributed by atoms with Crippen molar-refractivity contribution >= 4 is 17.5 Å². The Morgan fingerprint density at radius 2 is 1.84 bits per heavy atom. The number of carbonyl (C=O) groups excluding carboxylic acids is 2. The zero-order valence-corrected chi connectivity index (χ0v) is 22.0. The maximum absolute atomic E-state index is 12.8. The van der Waals surface area contributed by atoms with E-state index in [1.807, 2.05) is 29.2 Å². The average Bonchev–Trinajstić information content (AvgIpc) is 2.93. The number of nitrogens with one attached hydrogen (secondary N) is 5. The van der Waals surface area contributed by atoms with E-state index in [9.17, 15) is 9.59 Å². The predicted octanol–water partition coefficient (Wildman–Crippen LogP) is -0.701. The van der Waals surface area contributed by atoms with E-state index in [-0.39, 0.29) is 42.8 Å². The van der Waals surface area contributed by atoms with Crippen molar-refractivity contribution in [1.29, 1.82) is 5.26 Å². The highest BCUT2D eigenvalue weighted by Gasteiger charge is 2.45. The monoisotopic (exact) mass is 525 g/mol. The lowest BCUT2D eigenvalue weighted by Gasteiger charge is -2.49. The Morgan fingerprint density at radius 3 is 2.55 bits per heavy atom. The number of anilines is 1. The Kier molecular flexibility index (Phi) is 8.61. The molecule has 5 rings (SSSR count). The van der Waals surface area contributed by atoms with Gasteiger partial charge < -0.3 is 19.9 Å². The van der Waals surface area contributed by atoms with Gasteiger partial charge in [0.25, 0.3) is 5.91 Å². The minimum Gasteiger partial charge on any atom is -0.484 e. The maximum atomic E-state index is 12.8. The minimum absolute atomic E-state index is 0.00451. The molecule has 1 aromatic rings. The van der Waals surface area contributed by atoms with E-state index in [1.54, 1.807) is 0 Å². The fourth-order valence-corrected chi connectivity index (χ4v) is 5.72. The first-order chi connectivity index (χ1) is 18.5. The van der Waals surface area contributed by atoms with E-state index < -0.39 is 0 Å². The van der Waals surface area contributed by atoms with Gasteiger partial charge >= 0.3 is 0 Å². The summed E-state index contributed by atoms with van der Waals surface area (Å²) in [4.78, 5) is 31.7. The normalized spacial score (nSPS) is 29.2. The van der Waals surface area contributed by atoms with Gasteiger partial charge in [-0.25, -0.2) is 5.43 Å². The number of piperidine rings is 1. The molecule has 0 aliphatic carbocycles. The molecule has 0 radical (unpaired) electrons. The number of hydrazine groups is 1. The maximum Gasteiger partial charge on any atom is 0.260 e. The van der Waals surface area contributed by atoms with Crippen LogP contribution in [0.1, 0.15) is 19.3 Å². The summed E-state index contributed by atoms with van der Waals surface area (Å²) < 4.78 is 5.76. The molecule has 5 N–H and O–H groups in total. The quantitative estimate of drug-likeness (QED) is 0.311. The number of likely N-dealkylation sites (tertiary alicyclic amines) is 1. The summed E-state index contributed by atoms with van der Waals surface area (Å²) in [5.74, 6) is 0.728. The molecular formula is C26H39N9O3. The average molecular weight is 526 g/mol. The summed E-state index contributed by atoms with van der Waals surface area (Å²) in [6, 6.07) is 9.78. The molecular weight excluding hydrogens is 486 g/mol. The van der Waals surface area contributed by atoms with Crippen LogP contribution >= 0.6 is 0 Å². The highest BCUT2D eigenvalue weighted by molar-refractivity contribution is 5.81. The van der Waals surface area contributed by atoms with Crippen molar-refractivity contribution in [1.82, 2.24) is 36.2 Å². The first kappa shape index (κ1) is 26.6. The fraction of sp³-hybridized carbons (Fsp3) is 0.654. The van der Waals surface area contributed by atoms with Crippen molar-refractivity contribution in [3.8, 4) is 11.8 Å². The Balaban J connectivity index is 1.18. The van der Waals surface area contributed by atoms with Crippen molar-refractivity contribution in [2.45, 2.75) is 37.8 Å². The summed E-state index contributed by atoms with van der Waals surface area (Å²) in [6.45, 7) is 5.69. The van der Waals surface area contributed by atoms with Crippen LogP contribution in [0.5, 0.6) is 5.75 Å². The number of nitriles is 1. The van der Waals surface area contributed by atoms with Crippen LogP contribution in [0, 0.1) is 23.2 Å². The van der Waals surface area contributed by atoms with Crippen LogP contribution < -0.4 is 31.5 Å². The van der Waals surface area contributed by atoms with Gasteiger partial charge in [0, 0.05) is 64.0 Å². The van der Waals surface area contributed by atoms with E-state index in [0.29, 0.717) is 24.6 Å². The molecule has 2 amide bonds. The first-order valence-corrected chi connectivity index (χ1v) is 13.6. The van der Waals surface area contributed by atoms with Crippen LogP contribution in [0.25, 0.3) is 0 Å². The van der Waals surface area contributed by atoms with Gasteiger partial charge in [0.1, 0.15) is 12.0 Å². The standard InChI is InChI=1S/C26H39N9O3/c1-33-12-14-34(15-13-33)22(36)17-38-20-4-2-19(3-5-20)29-24-23-21(16-28-32-25(23)37)30-26(31-24)35-10-7-18(6-9-27)8-11-35/h2-5,18,21,23-24,26,28-31H,6-8,10-17H2,1H3,(H,32,37). The largest absolute Gasteiger partial charge is 0.484 e. The van der Waals surface area contributed by atoms with E-state index in [0.717, 1.165) is 57.8 Å². The van der Waals surface area contributed by atoms with Gasteiger partial charge in [0.05, 0.1) is 18.2 Å². The third-order valence-electron chi connectivity index (χ3n) is 8.13. The van der Waals surface area contributed by atoms with Crippen LogP contribution in [0.15, 0.2) is 24.3 Å². The highest BCUT2D eigenvalue weighted by atomic mass is 16.5. The number of ether oxygens (including phenoxy) is 1. The SMILES string of the molecule is CN1CCN(C(=O)COc2ccc(NC3NC(N4CCC(CC#N)CC4)NC4CNNC(=O)C43)cc2)CC1. The third-order valence-corrected chi connectivity index (χ3v) is 8.13. The number of benzene rings is 1. The molecule has 1 aromatic carbocycles. The second kappa shape index (κ2) is 12.3. The second-order valence-corrected chi connectivity index (χ2v) is 10.7. The predicted molar refractivity (Wildman–Crippen MR) is 141 cm³/mol. The Bertz CT molecular complexity index is 1000. The molecule has 4 aliphatic heterocycles. The number of amides is 2. The Morgan fingerprint density at radius 1 is 1.11 bits per heavy atom. The summed E-state index contributed by atoms with van der Waals surface area (Å²) in [5.41, 5.74) is 6.62. The smallest absolute Gasteiger partial charge is 0.260 e. The van der Waals surface area contributed by atoms with Crippen molar-refractivity contribution in [3.05, 3.63) is 24.3 Å². The topological polar surface area (TPSA) is 137 Å². The highest BCUT2D eigenvalue weighted by Crippen LogP contribution is 2.26. The Hall–Kier alpha value is -2.95. The van der Waals surface area contributed by atoms with Crippen LogP contribution in [0.4, 0.5) is 5.69 Å². The summed E-state index contributed by atoms with van der Waals surface area (Å²) in [6.07, 6.45) is 2.25. The van der Waals surface area contributed by atoms with E-state index in [4.69, 9.17) is 10.00 Å². The zero-order valence-electron chi connectivity index (χ0n) is 22.0. The molecule has 12 nitrogen and oxygen atoms in total. The number of rotatable bonds is 7. The van der Waals surface area contributed by atoms with Crippen molar-refractivity contribution in [2.24, 2.45) is 11.8 Å². The number of nitrogens with zero attached hydrogens (tertiary/aromatic N) is 4. The molecule has 4 saturated heterocycles. The van der Waals surface area contributed by atoms with Crippen LogP contribution in [0.3, 0.4) is 0 Å². The van der Waals surface area contributed by atoms with Crippen molar-refractivity contribution in [2.75, 3.05) is 64.8 Å². The second-order valence-electron chi connectivity index (χ2n) is 10.7. The zero-order chi connectivity index (χ0) is 26.5. The fourth-order valence-electron chi connectivity index (χ4n) is 5.72. The van der Waals surface area contributed by atoms with Crippen LogP contribution in [-0.4, -0.2) is 104 Å². The lowest BCUT2D eigenvalue weighted by atomic mass is 9.90. The molecule has 4 heterocycles. The van der Waals surface area contributed by atoms with Gasteiger partial charge in [0.2, 0.25) is 5.91 Å². The van der Waals surface area contributed by atoms with E-state index >= 15 is 0 Å². The van der Waals surface area contributed by atoms with E-state index in [2.05, 4.69) is 49.7 Å². The molecule has 4 aliphatic rings. The van der Waals surface area contributed by atoms with E-state index in [1.165, 1.54) is 0 Å². The molecule has 0 spiro atoms. The third kappa shape index (κ3) is 6.36. The number of hydrogen-bond donors (Lipinski definition) is 5. The number of carbonyl (C=O) groups is 2. The minimum atomic E-state index is -0.305. The molecule has 0 bridgehead atoms. The molecule has 0 aromatic heterocycles. The molecule has 38 heavy (non-hydrogen) atoms. The molecule has 4 unspecified atom stereocenters. The van der Waals surface area contributed by atoms with Gasteiger partial charge in [-0.15, -0.1) is 0 Å². The molecule has 206 valence electrons. The number of hydrogen-bond acceptors (Lipinski definition) is 10. The molecule has 12 heteroatoms. The number of fused-ring (bicyclic) bond motifs is 1. The Labute approximate surface area is 224 Å². The van der Waals surface area contributed by atoms with Crippen molar-refractivity contribution in [3.63, 3.8) is 0 Å². The van der Waals surface area contributed by atoms with Gasteiger partial charge in [-0.1, -0.05) is 0 Å². The van der Waals surface area contributed by atoms with Crippen molar-refractivity contribution < 1.29 is 14.3 Å². The molecule has 0 saturated carbocycles. The summed E-state index contributed by atoms with van der Waals surface area (Å²) in [5, 5.41) is 19.8. The molecule has 4 fully saturated rings. The first-order valence-electron chi connectivity index (χ1n) is 13.6. The van der Waals surface area contributed by atoms with Gasteiger partial charge in [-0.05, 0) is 50.1 Å². The van der Waals surface area contributed by atoms with Gasteiger partial charge in [0.15, 0.2) is 6.61 Å². The summed E-state index contributed by atoms with van der Waals surface area (Å²) in [7, 11) is 2.06. The summed E-state index contributed by atoms with van der Waals surface area (Å²) >= 11 is 0. The van der Waals surface area contributed by atoms with Gasteiger partial charge in [-0.3, -0.25) is 30.5 Å². The lowest BCUT2D eigenvalue weighted by Crippen LogP contribution is -2.77. The lowest BCUT2D eigenvalue weighted by molar-refractivity contribution is -0.135. The van der Waals surface area contributed by atoms with Crippen LogP contribution in [-0.2, 0) is 9.59 Å². The molecule has 4 atom stereocenters. The number of likely N-dealkylation sites (N-methyl/N-ethyl adjacent to an activating group) is 1.